The van der Waals surface area contributed by atoms with Crippen molar-refractivity contribution in [3.05, 3.63) is 53.6 Å². The SMILES string of the molecule is COc1ccccc1C(=O)Nc1ccc(S(=O)(=O)N[C@H](C)C2CCNCC2)cc1C.Cl. The van der Waals surface area contributed by atoms with Crippen LogP contribution in [-0.2, 0) is 10.0 Å². The Kier molecular flexibility index (Phi) is 8.88. The highest BCUT2D eigenvalue weighted by atomic mass is 35.5. The summed E-state index contributed by atoms with van der Waals surface area (Å²) in [5, 5.41) is 6.12. The van der Waals surface area contributed by atoms with Gasteiger partial charge in [0.15, 0.2) is 0 Å². The number of benzene rings is 2. The number of piperidine rings is 1. The predicted octanol–water partition coefficient (Wildman–Crippen LogP) is 3.34. The van der Waals surface area contributed by atoms with E-state index in [1.165, 1.54) is 13.2 Å². The second-order valence-electron chi connectivity index (χ2n) is 7.63. The molecule has 0 bridgehead atoms. The van der Waals surface area contributed by atoms with Crippen LogP contribution in [0.1, 0.15) is 35.7 Å². The second-order valence-corrected chi connectivity index (χ2v) is 9.34. The fourth-order valence-electron chi connectivity index (χ4n) is 3.72. The lowest BCUT2D eigenvalue weighted by atomic mass is 9.92. The van der Waals surface area contributed by atoms with Crippen molar-refractivity contribution in [2.75, 3.05) is 25.5 Å². The first-order valence-electron chi connectivity index (χ1n) is 10.1. The molecule has 1 amide bonds. The van der Waals surface area contributed by atoms with Crippen molar-refractivity contribution in [1.82, 2.24) is 10.0 Å². The zero-order valence-electron chi connectivity index (χ0n) is 18.0. The molecule has 170 valence electrons. The molecule has 0 unspecified atom stereocenters. The van der Waals surface area contributed by atoms with E-state index < -0.39 is 10.0 Å². The molecule has 0 spiro atoms. The highest BCUT2D eigenvalue weighted by molar-refractivity contribution is 7.89. The van der Waals surface area contributed by atoms with E-state index in [1.54, 1.807) is 43.3 Å². The highest BCUT2D eigenvalue weighted by Crippen LogP contribution is 2.24. The predicted molar refractivity (Wildman–Crippen MR) is 125 cm³/mol. The smallest absolute Gasteiger partial charge is 0.259 e. The maximum absolute atomic E-state index is 12.8. The van der Waals surface area contributed by atoms with E-state index in [-0.39, 0.29) is 29.3 Å². The number of nitrogens with one attached hydrogen (secondary N) is 3. The zero-order chi connectivity index (χ0) is 21.7. The van der Waals surface area contributed by atoms with Gasteiger partial charge in [0.25, 0.3) is 5.91 Å². The fourth-order valence-corrected chi connectivity index (χ4v) is 5.12. The summed E-state index contributed by atoms with van der Waals surface area (Å²) in [6.07, 6.45) is 1.91. The average molecular weight is 468 g/mol. The summed E-state index contributed by atoms with van der Waals surface area (Å²) in [4.78, 5) is 12.8. The molecule has 0 saturated carbocycles. The van der Waals surface area contributed by atoms with Gasteiger partial charge in [0.05, 0.1) is 17.6 Å². The van der Waals surface area contributed by atoms with E-state index in [9.17, 15) is 13.2 Å². The van der Waals surface area contributed by atoms with Gasteiger partial charge < -0.3 is 15.4 Å². The molecule has 3 rings (SSSR count). The summed E-state index contributed by atoms with van der Waals surface area (Å²) in [6, 6.07) is 11.5. The number of aryl methyl sites for hydroxylation is 1. The van der Waals surface area contributed by atoms with Crippen molar-refractivity contribution in [1.29, 1.82) is 0 Å². The molecule has 1 fully saturated rings. The van der Waals surface area contributed by atoms with E-state index in [2.05, 4.69) is 15.4 Å². The van der Waals surface area contributed by atoms with Crippen molar-refractivity contribution < 1.29 is 17.9 Å². The Hall–Kier alpha value is -2.13. The van der Waals surface area contributed by atoms with Crippen molar-refractivity contribution in [2.45, 2.75) is 37.6 Å². The van der Waals surface area contributed by atoms with Gasteiger partial charge in [0, 0.05) is 11.7 Å². The Labute approximate surface area is 190 Å². The lowest BCUT2D eigenvalue weighted by molar-refractivity contribution is 0.102. The van der Waals surface area contributed by atoms with Crippen LogP contribution in [0.3, 0.4) is 0 Å². The maximum atomic E-state index is 12.8. The van der Waals surface area contributed by atoms with Crippen LogP contribution in [-0.4, -0.2) is 40.6 Å². The summed E-state index contributed by atoms with van der Waals surface area (Å²) >= 11 is 0. The first kappa shape index (κ1) is 25.1. The van der Waals surface area contributed by atoms with Crippen LogP contribution in [0.25, 0.3) is 0 Å². The van der Waals surface area contributed by atoms with Gasteiger partial charge in [-0.25, -0.2) is 13.1 Å². The number of sulfonamides is 1. The lowest BCUT2D eigenvalue weighted by Crippen LogP contribution is -2.42. The Morgan fingerprint density at radius 1 is 1.16 bits per heavy atom. The molecule has 1 aliphatic rings. The Morgan fingerprint density at radius 3 is 2.48 bits per heavy atom. The van der Waals surface area contributed by atoms with Gasteiger partial charge in [-0.05, 0) is 81.6 Å². The first-order chi connectivity index (χ1) is 14.3. The van der Waals surface area contributed by atoms with Crippen molar-refractivity contribution >= 4 is 34.0 Å². The number of rotatable bonds is 7. The number of methoxy groups -OCH3 is 1. The van der Waals surface area contributed by atoms with E-state index in [4.69, 9.17) is 4.74 Å². The quantitative estimate of drug-likeness (QED) is 0.580. The number of ether oxygens (including phenoxy) is 1. The number of halogens is 1. The molecular weight excluding hydrogens is 438 g/mol. The second kappa shape index (κ2) is 10.9. The normalized spacial score (nSPS) is 15.6. The molecule has 31 heavy (non-hydrogen) atoms. The molecule has 1 saturated heterocycles. The van der Waals surface area contributed by atoms with Gasteiger partial charge in [0.1, 0.15) is 5.75 Å². The molecule has 9 heteroatoms. The fraction of sp³-hybridized carbons (Fsp3) is 0.409. The van der Waals surface area contributed by atoms with Gasteiger partial charge in [-0.15, -0.1) is 12.4 Å². The van der Waals surface area contributed by atoms with Crippen molar-refractivity contribution in [3.8, 4) is 5.75 Å². The first-order valence-corrected chi connectivity index (χ1v) is 11.6. The molecule has 3 N–H and O–H groups in total. The molecule has 2 aromatic carbocycles. The number of carbonyl (C=O) groups is 1. The van der Waals surface area contributed by atoms with Crippen LogP contribution >= 0.6 is 12.4 Å². The molecular formula is C22H30ClN3O4S. The highest BCUT2D eigenvalue weighted by Gasteiger charge is 2.25. The molecule has 1 heterocycles. The third kappa shape index (κ3) is 6.20. The standard InChI is InChI=1S/C22H29N3O4S.ClH/c1-15-14-18(30(27,28)25-16(2)17-10-12-23-13-11-17)8-9-20(15)24-22(26)19-6-4-5-7-21(19)29-3;/h4-9,14,16-17,23,25H,10-13H2,1-3H3,(H,24,26);1H/t16-;/m1./s1. The van der Waals surface area contributed by atoms with Gasteiger partial charge in [-0.1, -0.05) is 12.1 Å². The average Bonchev–Trinajstić information content (AvgIpc) is 2.75. The third-order valence-corrected chi connectivity index (χ3v) is 7.10. The largest absolute Gasteiger partial charge is 0.496 e. The van der Waals surface area contributed by atoms with Gasteiger partial charge in [-0.2, -0.15) is 0 Å². The minimum Gasteiger partial charge on any atom is -0.496 e. The van der Waals surface area contributed by atoms with Gasteiger partial charge in [-0.3, -0.25) is 4.79 Å². The van der Waals surface area contributed by atoms with E-state index in [0.29, 0.717) is 28.5 Å². The van der Waals surface area contributed by atoms with Gasteiger partial charge in [0.2, 0.25) is 10.0 Å². The minimum atomic E-state index is -3.64. The van der Waals surface area contributed by atoms with Crippen molar-refractivity contribution in [2.24, 2.45) is 5.92 Å². The number of anilines is 1. The third-order valence-electron chi connectivity index (χ3n) is 5.54. The number of amides is 1. The zero-order valence-corrected chi connectivity index (χ0v) is 19.6. The topological polar surface area (TPSA) is 96.5 Å². The number of hydrogen-bond acceptors (Lipinski definition) is 5. The lowest BCUT2D eigenvalue weighted by Gasteiger charge is -2.28. The summed E-state index contributed by atoms with van der Waals surface area (Å²) < 4.78 is 33.7. The molecule has 7 nitrogen and oxygen atoms in total. The maximum Gasteiger partial charge on any atom is 0.259 e. The van der Waals surface area contributed by atoms with Crippen LogP contribution in [0.4, 0.5) is 5.69 Å². The molecule has 1 atom stereocenters. The summed E-state index contributed by atoms with van der Waals surface area (Å²) in [6.45, 7) is 5.52. The van der Waals surface area contributed by atoms with Crippen LogP contribution in [0.5, 0.6) is 5.75 Å². The Bertz CT molecular complexity index is 1010. The molecule has 0 aromatic heterocycles. The molecule has 0 aliphatic carbocycles. The van der Waals surface area contributed by atoms with Crippen molar-refractivity contribution in [3.63, 3.8) is 0 Å². The number of hydrogen-bond donors (Lipinski definition) is 3. The molecule has 2 aromatic rings. The molecule has 0 radical (unpaired) electrons. The number of para-hydroxylation sites is 1. The van der Waals surface area contributed by atoms with E-state index >= 15 is 0 Å². The van der Waals surface area contributed by atoms with E-state index in [1.807, 2.05) is 6.92 Å². The summed E-state index contributed by atoms with van der Waals surface area (Å²) in [7, 11) is -2.13. The van der Waals surface area contributed by atoms with Crippen LogP contribution in [0, 0.1) is 12.8 Å². The van der Waals surface area contributed by atoms with Gasteiger partial charge >= 0.3 is 0 Å². The minimum absolute atomic E-state index is 0. The van der Waals surface area contributed by atoms with E-state index in [0.717, 1.165) is 25.9 Å². The Balaban J connectivity index is 0.00000341. The van der Waals surface area contributed by atoms with Crippen LogP contribution in [0.2, 0.25) is 0 Å². The number of carbonyl (C=O) groups excluding carboxylic acids is 1. The monoisotopic (exact) mass is 467 g/mol. The summed E-state index contributed by atoms with van der Waals surface area (Å²) in [5.74, 6) is 0.480. The Morgan fingerprint density at radius 2 is 1.84 bits per heavy atom. The summed E-state index contributed by atoms with van der Waals surface area (Å²) in [5.41, 5.74) is 1.63. The van der Waals surface area contributed by atoms with Crippen LogP contribution in [0.15, 0.2) is 47.4 Å². The van der Waals surface area contributed by atoms with Crippen LogP contribution < -0.4 is 20.1 Å². The molecule has 1 aliphatic heterocycles.